The molecule has 0 aromatic rings. The second kappa shape index (κ2) is 16.0. The van der Waals surface area contributed by atoms with Crippen molar-refractivity contribution in [3.63, 3.8) is 0 Å². The van der Waals surface area contributed by atoms with Gasteiger partial charge in [-0.2, -0.15) is 0 Å². The Labute approximate surface area is 218 Å². The summed E-state index contributed by atoms with van der Waals surface area (Å²) in [6.07, 6.45) is 11.3. The molecular weight excluding hydrogens is 452 g/mol. The van der Waals surface area contributed by atoms with Gasteiger partial charge in [0.1, 0.15) is 5.60 Å². The molecule has 0 saturated carbocycles. The molecule has 0 aromatic carbocycles. The Hall–Kier alpha value is -0.903. The van der Waals surface area contributed by atoms with Gasteiger partial charge in [-0.25, -0.2) is 0 Å². The molecule has 1 N–H and O–H groups in total. The minimum Gasteiger partial charge on any atom is -0.405 e. The molecule has 1 saturated heterocycles. The van der Waals surface area contributed by atoms with E-state index >= 15 is 0 Å². The van der Waals surface area contributed by atoms with Crippen LogP contribution in [0.3, 0.4) is 0 Å². The summed E-state index contributed by atoms with van der Waals surface area (Å²) in [6, 6.07) is 0. The van der Waals surface area contributed by atoms with Gasteiger partial charge in [-0.3, -0.25) is 0 Å². The molecule has 0 aromatic heterocycles. The van der Waals surface area contributed by atoms with Crippen molar-refractivity contribution >= 4 is 8.32 Å². The molecule has 0 aliphatic carbocycles. The van der Waals surface area contributed by atoms with Crippen molar-refractivity contribution < 1.29 is 19.0 Å². The Balaban J connectivity index is 2.42. The van der Waals surface area contributed by atoms with E-state index in [4.69, 9.17) is 13.9 Å². The summed E-state index contributed by atoms with van der Waals surface area (Å²) in [7, 11) is -1.91. The van der Waals surface area contributed by atoms with Crippen LogP contribution in [0.25, 0.3) is 0 Å². The highest BCUT2D eigenvalue weighted by atomic mass is 28.4. The highest BCUT2D eigenvalue weighted by Crippen LogP contribution is 2.42. The van der Waals surface area contributed by atoms with E-state index in [-0.39, 0.29) is 6.29 Å². The van der Waals surface area contributed by atoms with E-state index in [9.17, 15) is 5.11 Å². The zero-order valence-electron chi connectivity index (χ0n) is 24.2. The van der Waals surface area contributed by atoms with Crippen LogP contribution >= 0.6 is 0 Å². The lowest BCUT2D eigenvalue weighted by molar-refractivity contribution is -0.156. The Morgan fingerprint density at radius 3 is 2.23 bits per heavy atom. The van der Waals surface area contributed by atoms with Gasteiger partial charge in [0.15, 0.2) is 6.29 Å². The normalized spacial score (nSPS) is 19.7. The van der Waals surface area contributed by atoms with Crippen molar-refractivity contribution in [2.75, 3.05) is 19.8 Å². The van der Waals surface area contributed by atoms with Crippen LogP contribution in [0.4, 0.5) is 0 Å². The van der Waals surface area contributed by atoms with Crippen molar-refractivity contribution in [3.05, 3.63) is 23.3 Å². The lowest BCUT2D eigenvalue weighted by Crippen LogP contribution is -2.47. The summed E-state index contributed by atoms with van der Waals surface area (Å²) in [6.45, 7) is 21.7. The Morgan fingerprint density at radius 2 is 1.66 bits per heavy atom. The van der Waals surface area contributed by atoms with Crippen molar-refractivity contribution in [3.8, 4) is 11.8 Å². The summed E-state index contributed by atoms with van der Waals surface area (Å²) in [5, 5.41) is 10.7. The van der Waals surface area contributed by atoms with Gasteiger partial charge in [0.2, 0.25) is 8.32 Å². The predicted molar refractivity (Wildman–Crippen MR) is 151 cm³/mol. The molecule has 0 amide bonds. The third kappa shape index (κ3) is 11.8. The van der Waals surface area contributed by atoms with Crippen LogP contribution in [0, 0.1) is 11.8 Å². The molecule has 202 valence electrons. The molecule has 2 unspecified atom stereocenters. The molecule has 35 heavy (non-hydrogen) atoms. The maximum absolute atomic E-state index is 10.7. The van der Waals surface area contributed by atoms with Gasteiger partial charge in [0.25, 0.3) is 0 Å². The SMILES string of the molecule is C/C(=C\CCC(C)(O)C#CCO[Si](C(C)C)(C(C)C)C(C)C)CC/C=C(\C)COC1CCCCO1. The van der Waals surface area contributed by atoms with E-state index in [0.29, 0.717) is 36.3 Å². The topological polar surface area (TPSA) is 47.9 Å². The van der Waals surface area contributed by atoms with Crippen molar-refractivity contribution in [2.45, 2.75) is 136 Å². The molecule has 0 radical (unpaired) electrons. The van der Waals surface area contributed by atoms with Crippen LogP contribution in [-0.4, -0.2) is 45.1 Å². The molecule has 4 nitrogen and oxygen atoms in total. The Morgan fingerprint density at radius 1 is 1.03 bits per heavy atom. The summed E-state index contributed by atoms with van der Waals surface area (Å²) in [5.41, 5.74) is 3.22. The number of ether oxygens (including phenoxy) is 2. The second-order valence-electron chi connectivity index (χ2n) is 11.5. The number of hydrogen-bond donors (Lipinski definition) is 1. The molecule has 1 fully saturated rings. The first-order valence-electron chi connectivity index (χ1n) is 13.8. The summed E-state index contributed by atoms with van der Waals surface area (Å²) in [4.78, 5) is 0. The van der Waals surface area contributed by atoms with Crippen LogP contribution < -0.4 is 0 Å². The quantitative estimate of drug-likeness (QED) is 0.148. The molecule has 1 heterocycles. The van der Waals surface area contributed by atoms with Gasteiger partial charge in [-0.1, -0.05) is 76.7 Å². The number of allylic oxidation sites excluding steroid dienone is 3. The standard InChI is InChI=1S/C30H54O4Si/c1-24(2)35(25(3)4,26(5)6)34-22-14-20-30(9,31)19-13-17-27(7)15-12-16-28(8)23-33-29-18-10-11-21-32-29/h16-17,24-26,29,31H,10-13,15,18-19,21-23H2,1-9H3/b27-17+,28-16+. The van der Waals surface area contributed by atoms with E-state index in [2.05, 4.69) is 79.4 Å². The van der Waals surface area contributed by atoms with E-state index < -0.39 is 13.9 Å². The van der Waals surface area contributed by atoms with Gasteiger partial charge in [-0.05, 0) is 82.3 Å². The van der Waals surface area contributed by atoms with Crippen LogP contribution in [0.2, 0.25) is 16.6 Å². The fourth-order valence-corrected chi connectivity index (χ4v) is 10.6. The third-order valence-corrected chi connectivity index (χ3v) is 13.3. The molecule has 5 heteroatoms. The lowest BCUT2D eigenvalue weighted by atomic mass is 9.99. The minimum atomic E-state index is -1.91. The fraction of sp³-hybridized carbons (Fsp3) is 0.800. The summed E-state index contributed by atoms with van der Waals surface area (Å²) in [5.74, 6) is 6.19. The first-order chi connectivity index (χ1) is 16.4. The zero-order chi connectivity index (χ0) is 26.5. The highest BCUT2D eigenvalue weighted by Gasteiger charge is 2.44. The number of aliphatic hydroxyl groups is 1. The largest absolute Gasteiger partial charge is 0.405 e. The van der Waals surface area contributed by atoms with Crippen LogP contribution in [0.1, 0.15) is 107 Å². The van der Waals surface area contributed by atoms with Crippen molar-refractivity contribution in [1.29, 1.82) is 0 Å². The Kier molecular flexibility index (Phi) is 14.7. The molecule has 1 rings (SSSR count). The fourth-order valence-electron chi connectivity index (χ4n) is 5.32. The van der Waals surface area contributed by atoms with E-state index in [1.807, 2.05) is 6.92 Å². The maximum atomic E-state index is 10.7. The molecule has 1 aliphatic heterocycles. The first-order valence-corrected chi connectivity index (χ1v) is 16.0. The average molecular weight is 507 g/mol. The smallest absolute Gasteiger partial charge is 0.201 e. The second-order valence-corrected chi connectivity index (χ2v) is 16.9. The molecular formula is C30H54O4Si. The molecule has 1 aliphatic rings. The van der Waals surface area contributed by atoms with E-state index in [1.54, 1.807) is 0 Å². The first kappa shape index (κ1) is 32.1. The maximum Gasteiger partial charge on any atom is 0.201 e. The number of rotatable bonds is 14. The number of hydrogen-bond acceptors (Lipinski definition) is 4. The zero-order valence-corrected chi connectivity index (χ0v) is 25.2. The summed E-state index contributed by atoms with van der Waals surface area (Å²) >= 11 is 0. The summed E-state index contributed by atoms with van der Waals surface area (Å²) < 4.78 is 18.0. The van der Waals surface area contributed by atoms with Gasteiger partial charge in [0, 0.05) is 6.61 Å². The molecule has 0 spiro atoms. The van der Waals surface area contributed by atoms with Crippen molar-refractivity contribution in [2.24, 2.45) is 0 Å². The Bertz CT molecular complexity index is 697. The van der Waals surface area contributed by atoms with Crippen LogP contribution in [-0.2, 0) is 13.9 Å². The van der Waals surface area contributed by atoms with E-state index in [0.717, 1.165) is 38.7 Å². The molecule has 2 atom stereocenters. The highest BCUT2D eigenvalue weighted by molar-refractivity contribution is 6.77. The molecule has 0 bridgehead atoms. The van der Waals surface area contributed by atoms with Crippen LogP contribution in [0.5, 0.6) is 0 Å². The predicted octanol–water partition coefficient (Wildman–Crippen LogP) is 7.93. The van der Waals surface area contributed by atoms with Crippen LogP contribution in [0.15, 0.2) is 23.3 Å². The minimum absolute atomic E-state index is 0.0265. The van der Waals surface area contributed by atoms with E-state index in [1.165, 1.54) is 17.6 Å². The average Bonchev–Trinajstić information content (AvgIpc) is 2.77. The van der Waals surface area contributed by atoms with Gasteiger partial charge >= 0.3 is 0 Å². The third-order valence-electron chi connectivity index (χ3n) is 7.25. The van der Waals surface area contributed by atoms with Gasteiger partial charge in [0.05, 0.1) is 13.2 Å². The van der Waals surface area contributed by atoms with Crippen molar-refractivity contribution in [1.82, 2.24) is 0 Å². The van der Waals surface area contributed by atoms with Gasteiger partial charge < -0.3 is 19.0 Å². The monoisotopic (exact) mass is 506 g/mol. The lowest BCUT2D eigenvalue weighted by Gasteiger charge is -2.41. The van der Waals surface area contributed by atoms with Gasteiger partial charge in [-0.15, -0.1) is 0 Å².